The third kappa shape index (κ3) is 5.68. The summed E-state index contributed by atoms with van der Waals surface area (Å²) in [5.41, 5.74) is 0.291. The van der Waals surface area contributed by atoms with Crippen molar-refractivity contribution in [2.45, 2.75) is 44.9 Å². The maximum Gasteiger partial charge on any atom is 0.251 e. The van der Waals surface area contributed by atoms with Crippen LogP contribution >= 0.6 is 11.6 Å². The van der Waals surface area contributed by atoms with E-state index >= 15 is 0 Å². The van der Waals surface area contributed by atoms with Gasteiger partial charge in [-0.1, -0.05) is 37.3 Å². The van der Waals surface area contributed by atoms with E-state index in [9.17, 15) is 9.18 Å². The van der Waals surface area contributed by atoms with E-state index in [1.807, 2.05) is 0 Å². The number of carbonyl (C=O) groups excluding carboxylic acids is 1. The minimum Gasteiger partial charge on any atom is -0.352 e. The summed E-state index contributed by atoms with van der Waals surface area (Å²) in [5.74, 6) is 0.740. The van der Waals surface area contributed by atoms with Crippen LogP contribution in [0.25, 0.3) is 0 Å². The zero-order valence-corrected chi connectivity index (χ0v) is 15.5. The second-order valence-electron chi connectivity index (χ2n) is 7.59. The van der Waals surface area contributed by atoms with Gasteiger partial charge in [0, 0.05) is 17.1 Å². The Hall–Kier alpha value is -1.13. The summed E-state index contributed by atoms with van der Waals surface area (Å²) in [4.78, 5) is 14.7. The molecule has 138 valence electrons. The molecule has 0 bridgehead atoms. The predicted octanol–water partition coefficient (Wildman–Crippen LogP) is 4.50. The van der Waals surface area contributed by atoms with Gasteiger partial charge in [-0.25, -0.2) is 4.39 Å². The lowest BCUT2D eigenvalue weighted by Crippen LogP contribution is -2.39. The van der Waals surface area contributed by atoms with Crippen molar-refractivity contribution >= 4 is 17.5 Å². The molecule has 0 spiro atoms. The lowest BCUT2D eigenvalue weighted by Gasteiger charge is -2.32. The molecular formula is C20H28ClFN2O. The zero-order chi connectivity index (χ0) is 17.6. The zero-order valence-electron chi connectivity index (χ0n) is 14.8. The SMILES string of the molecule is O=C(NCC1CCN(CCC2CCCC2)CC1)c1cc(F)cc(Cl)c1. The highest BCUT2D eigenvalue weighted by atomic mass is 35.5. The Labute approximate surface area is 154 Å². The van der Waals surface area contributed by atoms with E-state index in [2.05, 4.69) is 10.2 Å². The van der Waals surface area contributed by atoms with E-state index in [0.29, 0.717) is 18.0 Å². The van der Waals surface area contributed by atoms with Crippen LogP contribution in [-0.2, 0) is 0 Å². The molecule has 2 fully saturated rings. The smallest absolute Gasteiger partial charge is 0.251 e. The van der Waals surface area contributed by atoms with Gasteiger partial charge in [-0.3, -0.25) is 4.79 Å². The van der Waals surface area contributed by atoms with Gasteiger partial charge in [0.1, 0.15) is 5.82 Å². The number of amides is 1. The largest absolute Gasteiger partial charge is 0.352 e. The third-order valence-corrected chi connectivity index (χ3v) is 5.93. The van der Waals surface area contributed by atoms with Gasteiger partial charge in [-0.2, -0.15) is 0 Å². The van der Waals surface area contributed by atoms with Crippen molar-refractivity contribution < 1.29 is 9.18 Å². The predicted molar refractivity (Wildman–Crippen MR) is 99.5 cm³/mol. The number of piperidine rings is 1. The minimum absolute atomic E-state index is 0.245. The Balaban J connectivity index is 1.36. The Morgan fingerprint density at radius 2 is 1.84 bits per heavy atom. The van der Waals surface area contributed by atoms with Gasteiger partial charge in [-0.15, -0.1) is 0 Å². The average Bonchev–Trinajstić information content (AvgIpc) is 3.11. The quantitative estimate of drug-likeness (QED) is 0.803. The molecule has 25 heavy (non-hydrogen) atoms. The van der Waals surface area contributed by atoms with Crippen molar-refractivity contribution in [2.75, 3.05) is 26.2 Å². The van der Waals surface area contributed by atoms with Crippen LogP contribution in [0.5, 0.6) is 0 Å². The molecule has 2 aliphatic rings. The number of hydrogen-bond acceptors (Lipinski definition) is 2. The minimum atomic E-state index is -0.478. The van der Waals surface area contributed by atoms with Crippen LogP contribution in [0.1, 0.15) is 55.3 Å². The van der Waals surface area contributed by atoms with Crippen molar-refractivity contribution in [3.8, 4) is 0 Å². The molecule has 1 aliphatic heterocycles. The van der Waals surface area contributed by atoms with E-state index in [-0.39, 0.29) is 10.9 Å². The van der Waals surface area contributed by atoms with Gasteiger partial charge in [0.25, 0.3) is 5.91 Å². The number of hydrogen-bond donors (Lipinski definition) is 1. The highest BCUT2D eigenvalue weighted by molar-refractivity contribution is 6.31. The van der Waals surface area contributed by atoms with E-state index in [1.165, 1.54) is 56.8 Å². The number of benzene rings is 1. The normalized spacial score (nSPS) is 20.1. The Morgan fingerprint density at radius 3 is 2.52 bits per heavy atom. The van der Waals surface area contributed by atoms with Crippen molar-refractivity contribution in [2.24, 2.45) is 11.8 Å². The summed E-state index contributed by atoms with van der Waals surface area (Å²) in [6, 6.07) is 3.94. The Bertz CT molecular complexity index is 561. The molecule has 3 rings (SSSR count). The van der Waals surface area contributed by atoms with Crippen LogP contribution < -0.4 is 5.32 Å². The summed E-state index contributed by atoms with van der Waals surface area (Å²) in [6.07, 6.45) is 9.27. The molecular weight excluding hydrogens is 339 g/mol. The fourth-order valence-corrected chi connectivity index (χ4v) is 4.32. The summed E-state index contributed by atoms with van der Waals surface area (Å²) in [5, 5.41) is 3.18. The van der Waals surface area contributed by atoms with Crippen LogP contribution in [0.15, 0.2) is 18.2 Å². The summed E-state index contributed by atoms with van der Waals surface area (Å²) < 4.78 is 13.3. The fourth-order valence-electron chi connectivity index (χ4n) is 4.10. The second-order valence-corrected chi connectivity index (χ2v) is 8.03. The highest BCUT2D eigenvalue weighted by Gasteiger charge is 2.22. The van der Waals surface area contributed by atoms with Crippen LogP contribution in [0.2, 0.25) is 5.02 Å². The molecule has 0 radical (unpaired) electrons. The lowest BCUT2D eigenvalue weighted by atomic mass is 9.95. The molecule has 1 saturated carbocycles. The van der Waals surface area contributed by atoms with Gasteiger partial charge in [0.2, 0.25) is 0 Å². The first kappa shape index (κ1) is 18.7. The first-order chi connectivity index (χ1) is 12.1. The molecule has 1 aromatic carbocycles. The summed E-state index contributed by atoms with van der Waals surface area (Å²) in [6.45, 7) is 4.13. The van der Waals surface area contributed by atoms with E-state index in [1.54, 1.807) is 0 Å². The molecule has 5 heteroatoms. The second kappa shape index (κ2) is 9.00. The number of likely N-dealkylation sites (tertiary alicyclic amines) is 1. The van der Waals surface area contributed by atoms with E-state index in [0.717, 1.165) is 31.8 Å². The van der Waals surface area contributed by atoms with Gasteiger partial charge in [-0.05, 0) is 68.9 Å². The number of nitrogens with one attached hydrogen (secondary N) is 1. The molecule has 0 aromatic heterocycles. The Morgan fingerprint density at radius 1 is 1.12 bits per heavy atom. The molecule has 1 aliphatic carbocycles. The molecule has 1 saturated heterocycles. The highest BCUT2D eigenvalue weighted by Crippen LogP contribution is 2.28. The molecule has 1 N–H and O–H groups in total. The van der Waals surface area contributed by atoms with Crippen molar-refractivity contribution in [3.63, 3.8) is 0 Å². The standard InChI is InChI=1S/C20H28ClFN2O/c21-18-11-17(12-19(22)13-18)20(25)23-14-16-6-9-24(10-7-16)8-5-15-3-1-2-4-15/h11-13,15-16H,1-10,14H2,(H,23,25). The monoisotopic (exact) mass is 366 g/mol. The van der Waals surface area contributed by atoms with Crippen LogP contribution in [0.3, 0.4) is 0 Å². The number of carbonyl (C=O) groups is 1. The molecule has 0 atom stereocenters. The number of rotatable bonds is 6. The molecule has 1 heterocycles. The molecule has 1 aromatic rings. The summed E-state index contributed by atoms with van der Waals surface area (Å²) in [7, 11) is 0. The van der Waals surface area contributed by atoms with Crippen molar-refractivity contribution in [1.82, 2.24) is 10.2 Å². The van der Waals surface area contributed by atoms with Crippen LogP contribution in [0.4, 0.5) is 4.39 Å². The topological polar surface area (TPSA) is 32.3 Å². The van der Waals surface area contributed by atoms with Crippen molar-refractivity contribution in [3.05, 3.63) is 34.6 Å². The first-order valence-electron chi connectivity index (χ1n) is 9.57. The maximum atomic E-state index is 13.3. The van der Waals surface area contributed by atoms with Gasteiger partial charge < -0.3 is 10.2 Å². The average molecular weight is 367 g/mol. The van der Waals surface area contributed by atoms with E-state index < -0.39 is 5.82 Å². The molecule has 1 amide bonds. The number of nitrogens with zero attached hydrogens (tertiary/aromatic N) is 1. The summed E-state index contributed by atoms with van der Waals surface area (Å²) >= 11 is 5.81. The first-order valence-corrected chi connectivity index (χ1v) is 9.94. The van der Waals surface area contributed by atoms with Crippen LogP contribution in [0, 0.1) is 17.7 Å². The van der Waals surface area contributed by atoms with Gasteiger partial charge in [0.15, 0.2) is 0 Å². The molecule has 0 unspecified atom stereocenters. The maximum absolute atomic E-state index is 13.3. The lowest BCUT2D eigenvalue weighted by molar-refractivity contribution is 0.0934. The van der Waals surface area contributed by atoms with Crippen molar-refractivity contribution in [1.29, 1.82) is 0 Å². The molecule has 3 nitrogen and oxygen atoms in total. The van der Waals surface area contributed by atoms with Gasteiger partial charge in [0.05, 0.1) is 0 Å². The Kier molecular flexibility index (Phi) is 6.71. The van der Waals surface area contributed by atoms with Crippen LogP contribution in [-0.4, -0.2) is 37.0 Å². The van der Waals surface area contributed by atoms with Gasteiger partial charge >= 0.3 is 0 Å². The third-order valence-electron chi connectivity index (χ3n) is 5.71. The fraction of sp³-hybridized carbons (Fsp3) is 0.650. The van der Waals surface area contributed by atoms with E-state index in [4.69, 9.17) is 11.6 Å². The number of halogens is 2.